The minimum Gasteiger partial charge on any atom is -0.593 e. The number of hydrogen-bond donors (Lipinski definition) is 2. The first-order valence-electron chi connectivity index (χ1n) is 9.42. The number of benzene rings is 1. The highest BCUT2D eigenvalue weighted by atomic mass is 32.3. The Hall–Kier alpha value is -2.43. The number of Topliss-reactive ketones (excluding diaryl/α,β-unsaturated/α-hetero) is 1. The van der Waals surface area contributed by atoms with Crippen molar-refractivity contribution in [2.45, 2.75) is 44.4 Å². The molecule has 1 aromatic carbocycles. The highest BCUT2D eigenvalue weighted by Gasteiger charge is 2.41. The molecule has 2 heterocycles. The van der Waals surface area contributed by atoms with Crippen LogP contribution in [0.25, 0.3) is 0 Å². The number of piperidine rings is 1. The molecule has 2 aromatic rings. The molecule has 0 bridgehead atoms. The number of nitrogens with zero attached hydrogens (tertiary/aromatic N) is 1. The first-order chi connectivity index (χ1) is 13.9. The minimum absolute atomic E-state index is 0.0886. The summed E-state index contributed by atoms with van der Waals surface area (Å²) in [6.07, 6.45) is -1.04. The van der Waals surface area contributed by atoms with E-state index in [9.17, 15) is 27.1 Å². The van der Waals surface area contributed by atoms with Gasteiger partial charge in [-0.1, -0.05) is 10.3 Å². The SMILES string of the molecule is CC(=O)c1c(C)[nH]c(C(=O)Nc2cccc([S+](=O)([O-])N3CCC(F)(F)CC3)c2)c1C. The van der Waals surface area contributed by atoms with E-state index in [-0.39, 0.29) is 35.1 Å². The van der Waals surface area contributed by atoms with E-state index in [0.29, 0.717) is 16.8 Å². The van der Waals surface area contributed by atoms with Gasteiger partial charge >= 0.3 is 0 Å². The Bertz CT molecular complexity index is 1040. The summed E-state index contributed by atoms with van der Waals surface area (Å²) in [5.41, 5.74) is 1.97. The van der Waals surface area contributed by atoms with Crippen molar-refractivity contribution >= 4 is 27.8 Å². The van der Waals surface area contributed by atoms with Crippen molar-refractivity contribution in [3.63, 3.8) is 0 Å². The maximum absolute atomic E-state index is 13.4. The molecule has 0 saturated carbocycles. The van der Waals surface area contributed by atoms with Gasteiger partial charge in [-0.3, -0.25) is 9.59 Å². The molecule has 1 aromatic heterocycles. The number of sulfonamides is 1. The number of nitrogens with one attached hydrogen (secondary N) is 2. The fourth-order valence-corrected chi connectivity index (χ4v) is 5.12. The molecule has 3 rings (SSSR count). The zero-order valence-corrected chi connectivity index (χ0v) is 17.7. The third kappa shape index (κ3) is 4.35. The van der Waals surface area contributed by atoms with Crippen molar-refractivity contribution < 1.29 is 27.1 Å². The number of aromatic nitrogens is 1. The molecule has 1 aliphatic heterocycles. The summed E-state index contributed by atoms with van der Waals surface area (Å²) < 4.78 is 53.4. The Labute approximate surface area is 174 Å². The number of carbonyl (C=O) groups is 2. The summed E-state index contributed by atoms with van der Waals surface area (Å²) >= 11 is 0. The van der Waals surface area contributed by atoms with E-state index in [1.165, 1.54) is 31.2 Å². The average Bonchev–Trinajstić information content (AvgIpc) is 2.96. The molecule has 2 N–H and O–H groups in total. The van der Waals surface area contributed by atoms with Gasteiger partial charge in [-0.25, -0.2) is 8.78 Å². The van der Waals surface area contributed by atoms with E-state index in [0.717, 1.165) is 4.31 Å². The number of aryl methyl sites for hydroxylation is 1. The molecule has 162 valence electrons. The molecule has 0 aliphatic carbocycles. The number of amides is 1. The lowest BCUT2D eigenvalue weighted by Gasteiger charge is -2.33. The summed E-state index contributed by atoms with van der Waals surface area (Å²) in [6, 6.07) is 5.64. The number of rotatable bonds is 5. The van der Waals surface area contributed by atoms with Crippen LogP contribution in [0.2, 0.25) is 0 Å². The molecule has 1 fully saturated rings. The largest absolute Gasteiger partial charge is 0.593 e. The second-order valence-electron chi connectivity index (χ2n) is 7.42. The molecule has 0 radical (unpaired) electrons. The molecule has 1 saturated heterocycles. The van der Waals surface area contributed by atoms with Crippen LogP contribution in [0, 0.1) is 13.8 Å². The third-order valence-corrected chi connectivity index (χ3v) is 7.09. The third-order valence-electron chi connectivity index (χ3n) is 5.20. The molecule has 1 amide bonds. The zero-order valence-electron chi connectivity index (χ0n) is 16.9. The number of anilines is 1. The molecular formula is C20H23F2N3O4S. The van der Waals surface area contributed by atoms with Gasteiger partial charge in [0.05, 0.1) is 13.1 Å². The second kappa shape index (κ2) is 8.01. The average molecular weight is 439 g/mol. The molecule has 0 spiro atoms. The quantitative estimate of drug-likeness (QED) is 0.547. The predicted octanol–water partition coefficient (Wildman–Crippen LogP) is 3.72. The Kier molecular flexibility index (Phi) is 5.94. The van der Waals surface area contributed by atoms with Crippen molar-refractivity contribution in [1.82, 2.24) is 9.29 Å². The van der Waals surface area contributed by atoms with Gasteiger partial charge in [0, 0.05) is 35.9 Å². The molecule has 30 heavy (non-hydrogen) atoms. The van der Waals surface area contributed by atoms with Crippen LogP contribution in [0.4, 0.5) is 14.5 Å². The smallest absolute Gasteiger partial charge is 0.272 e. The number of halogens is 2. The first-order valence-corrected chi connectivity index (χ1v) is 10.9. The lowest BCUT2D eigenvalue weighted by molar-refractivity contribution is -0.0421. The zero-order chi connectivity index (χ0) is 22.3. The maximum Gasteiger partial charge on any atom is 0.272 e. The summed E-state index contributed by atoms with van der Waals surface area (Å²) in [4.78, 5) is 27.2. The van der Waals surface area contributed by atoms with Crippen molar-refractivity contribution in [2.24, 2.45) is 0 Å². The van der Waals surface area contributed by atoms with E-state index < -0.39 is 35.1 Å². The van der Waals surface area contributed by atoms with E-state index in [2.05, 4.69) is 10.3 Å². The van der Waals surface area contributed by atoms with Gasteiger partial charge in [0.2, 0.25) is 0 Å². The van der Waals surface area contributed by atoms with Crippen LogP contribution in [0.15, 0.2) is 29.2 Å². The number of aromatic amines is 1. The number of ketones is 1. The van der Waals surface area contributed by atoms with Gasteiger partial charge in [0.1, 0.15) is 5.69 Å². The Balaban J connectivity index is 1.81. The number of alkyl halides is 2. The van der Waals surface area contributed by atoms with Gasteiger partial charge in [-0.2, -0.15) is 0 Å². The summed E-state index contributed by atoms with van der Waals surface area (Å²) in [6.45, 7) is 4.23. The lowest BCUT2D eigenvalue weighted by Crippen LogP contribution is -2.45. The van der Waals surface area contributed by atoms with Crippen LogP contribution in [-0.2, 0) is 14.6 Å². The summed E-state index contributed by atoms with van der Waals surface area (Å²) in [5, 5.41) is 2.62. The highest BCUT2D eigenvalue weighted by molar-refractivity contribution is 7.95. The Morgan fingerprint density at radius 1 is 1.23 bits per heavy atom. The number of hydrogen-bond acceptors (Lipinski definition) is 4. The standard InChI is InChI=1S/C20H23F2N3O4S/c1-12-17(14(3)26)13(2)23-18(12)19(27)24-15-5-4-6-16(11-15)30(28,29)25-9-7-20(21,22)8-10-25/h4-6,11H,7-10H2,1-3H3,(H2-,23,24,26,27,28,29). The van der Waals surface area contributed by atoms with Crippen molar-refractivity contribution in [3.05, 3.63) is 46.8 Å². The van der Waals surface area contributed by atoms with E-state index in [1.54, 1.807) is 13.8 Å². The topological polar surface area (TPSA) is 105 Å². The van der Waals surface area contributed by atoms with Crippen molar-refractivity contribution in [2.75, 3.05) is 18.4 Å². The highest BCUT2D eigenvalue weighted by Crippen LogP contribution is 2.33. The van der Waals surface area contributed by atoms with Gasteiger partial charge in [-0.15, -0.1) is 4.31 Å². The predicted molar refractivity (Wildman–Crippen MR) is 108 cm³/mol. The Morgan fingerprint density at radius 2 is 1.87 bits per heavy atom. The van der Waals surface area contributed by atoms with Crippen LogP contribution < -0.4 is 5.32 Å². The lowest BCUT2D eigenvalue weighted by atomic mass is 10.1. The van der Waals surface area contributed by atoms with Gasteiger partial charge in [-0.05, 0) is 38.5 Å². The van der Waals surface area contributed by atoms with E-state index in [1.807, 2.05) is 0 Å². The minimum atomic E-state index is -3.96. The second-order valence-corrected chi connectivity index (χ2v) is 9.36. The number of H-pyrrole nitrogens is 1. The summed E-state index contributed by atoms with van der Waals surface area (Å²) in [5.74, 6) is -3.54. The molecule has 10 heteroatoms. The normalized spacial score (nSPS) is 18.6. The van der Waals surface area contributed by atoms with Crippen LogP contribution >= 0.6 is 0 Å². The van der Waals surface area contributed by atoms with E-state index >= 15 is 0 Å². The van der Waals surface area contributed by atoms with Crippen LogP contribution in [-0.4, -0.2) is 44.5 Å². The molecule has 1 aliphatic rings. The van der Waals surface area contributed by atoms with Crippen molar-refractivity contribution in [3.8, 4) is 0 Å². The van der Waals surface area contributed by atoms with Gasteiger partial charge in [0.25, 0.3) is 11.8 Å². The van der Waals surface area contributed by atoms with Gasteiger partial charge in [0.15, 0.2) is 21.1 Å². The number of carbonyl (C=O) groups excluding carboxylic acids is 2. The molecular weight excluding hydrogens is 416 g/mol. The molecule has 7 nitrogen and oxygen atoms in total. The maximum atomic E-state index is 13.4. The Morgan fingerprint density at radius 3 is 2.43 bits per heavy atom. The van der Waals surface area contributed by atoms with Crippen LogP contribution in [0.3, 0.4) is 0 Å². The van der Waals surface area contributed by atoms with E-state index in [4.69, 9.17) is 0 Å². The monoisotopic (exact) mass is 439 g/mol. The summed E-state index contributed by atoms with van der Waals surface area (Å²) in [7, 11) is -3.96. The first kappa shape index (κ1) is 22.3. The molecule has 1 atom stereocenters. The molecule has 1 unspecified atom stereocenters. The fraction of sp³-hybridized carbons (Fsp3) is 0.400. The van der Waals surface area contributed by atoms with Crippen LogP contribution in [0.1, 0.15) is 51.9 Å². The van der Waals surface area contributed by atoms with Crippen LogP contribution in [0.5, 0.6) is 0 Å². The van der Waals surface area contributed by atoms with Crippen molar-refractivity contribution in [1.29, 1.82) is 0 Å². The van der Waals surface area contributed by atoms with Gasteiger partial charge < -0.3 is 14.9 Å². The fourth-order valence-electron chi connectivity index (χ4n) is 3.64.